The number of halogens is 3. The minimum atomic E-state index is -2.90. The van der Waals surface area contributed by atoms with Gasteiger partial charge in [-0.15, -0.1) is 0 Å². The van der Waals surface area contributed by atoms with E-state index in [-0.39, 0.29) is 5.92 Å². The second kappa shape index (κ2) is 8.39. The summed E-state index contributed by atoms with van der Waals surface area (Å²) in [5.41, 5.74) is 0.129. The van der Waals surface area contributed by atoms with Gasteiger partial charge in [-0.3, -0.25) is 9.89 Å². The van der Waals surface area contributed by atoms with Gasteiger partial charge in [0.05, 0.1) is 18.8 Å². The molecular weight excluding hydrogens is 491 g/mol. The summed E-state index contributed by atoms with van der Waals surface area (Å²) in [5.74, 6) is -2.82. The van der Waals surface area contributed by atoms with Gasteiger partial charge >= 0.3 is 0 Å². The maximum atomic E-state index is 15.0. The normalized spacial score (nSPS) is 21.6. The second-order valence-corrected chi connectivity index (χ2v) is 10.8. The van der Waals surface area contributed by atoms with E-state index in [1.54, 1.807) is 30.3 Å². The number of hydrogen-bond acceptors (Lipinski definition) is 7. The average molecular weight is 516 g/mol. The lowest BCUT2D eigenvalue weighted by atomic mass is 9.91. The number of aromatic nitrogens is 4. The van der Waals surface area contributed by atoms with E-state index in [0.717, 1.165) is 23.4 Å². The van der Waals surface area contributed by atoms with Gasteiger partial charge in [0.2, 0.25) is 5.91 Å². The first-order valence-electron chi connectivity index (χ1n) is 11.8. The first-order valence-corrected chi connectivity index (χ1v) is 12.6. The lowest BCUT2D eigenvalue weighted by Crippen LogP contribution is -2.60. The molecule has 8 nitrogen and oxygen atoms in total. The smallest absolute Gasteiger partial charge is 0.260 e. The van der Waals surface area contributed by atoms with E-state index < -0.39 is 29.8 Å². The maximum absolute atomic E-state index is 15.0. The molecule has 1 unspecified atom stereocenters. The zero-order chi connectivity index (χ0) is 25.1. The fraction of sp³-hybridized carbons (Fsp3) is 0.417. The summed E-state index contributed by atoms with van der Waals surface area (Å²) in [6.07, 6.45) is 1.48. The van der Waals surface area contributed by atoms with Gasteiger partial charge in [-0.2, -0.15) is 5.10 Å². The van der Waals surface area contributed by atoms with E-state index in [1.165, 1.54) is 11.8 Å². The minimum absolute atomic E-state index is 0.153. The Bertz CT molecular complexity index is 1310. The van der Waals surface area contributed by atoms with Gasteiger partial charge in [-0.25, -0.2) is 23.1 Å². The number of hydrogen-bond donors (Lipinski definition) is 3. The number of nitrogens with one attached hydrogen (secondary N) is 3. The Labute approximate surface area is 209 Å². The third kappa shape index (κ3) is 4.73. The van der Waals surface area contributed by atoms with Crippen molar-refractivity contribution in [3.63, 3.8) is 0 Å². The molecule has 1 aromatic carbocycles. The van der Waals surface area contributed by atoms with Crippen molar-refractivity contribution in [1.82, 2.24) is 20.2 Å². The highest BCUT2D eigenvalue weighted by Crippen LogP contribution is 2.49. The summed E-state index contributed by atoms with van der Waals surface area (Å²) < 4.78 is 41.2. The fourth-order valence-corrected chi connectivity index (χ4v) is 5.12. The van der Waals surface area contributed by atoms with Crippen molar-refractivity contribution < 1.29 is 18.0 Å². The van der Waals surface area contributed by atoms with Crippen LogP contribution in [0, 0.1) is 18.8 Å². The molecule has 36 heavy (non-hydrogen) atoms. The number of rotatable bonds is 8. The number of alkyl halides is 3. The lowest BCUT2D eigenvalue weighted by molar-refractivity contribution is -0.119. The number of aromatic amines is 1. The van der Waals surface area contributed by atoms with Gasteiger partial charge in [-0.1, -0.05) is 0 Å². The molecule has 12 heteroatoms. The van der Waals surface area contributed by atoms with Crippen LogP contribution >= 0.6 is 11.8 Å². The van der Waals surface area contributed by atoms with E-state index in [1.807, 2.05) is 17.9 Å². The van der Waals surface area contributed by atoms with Crippen LogP contribution in [0.15, 0.2) is 46.5 Å². The molecule has 188 valence electrons. The summed E-state index contributed by atoms with van der Waals surface area (Å²) in [6.45, 7) is 2.50. The standard InChI is InChI=1S/C24H24F3N7OS/c1-13-8-19(33-32-13)29-18-9-20(34-11-23(25,12-34)14-2-3-14)31-22(30-18)36-16-6-4-15(5-7-16)28-21(35)17-10-24(17,26)27/h4-9,14,17H,2-3,10-12H2,1H3,(H,28,35)(H2,29,30,31,32,33). The second-order valence-electron chi connectivity index (χ2n) is 9.74. The monoisotopic (exact) mass is 515 g/mol. The fourth-order valence-electron chi connectivity index (χ4n) is 4.36. The van der Waals surface area contributed by atoms with Crippen LogP contribution in [0.3, 0.4) is 0 Å². The molecule has 1 amide bonds. The summed E-state index contributed by atoms with van der Waals surface area (Å²) >= 11 is 1.31. The van der Waals surface area contributed by atoms with E-state index in [4.69, 9.17) is 0 Å². The van der Waals surface area contributed by atoms with Crippen molar-refractivity contribution >= 4 is 40.8 Å². The van der Waals surface area contributed by atoms with Crippen LogP contribution in [0.4, 0.5) is 36.3 Å². The Morgan fingerprint density at radius 1 is 1.14 bits per heavy atom. The molecule has 0 spiro atoms. The molecule has 1 atom stereocenters. The third-order valence-corrected chi connectivity index (χ3v) is 7.55. The van der Waals surface area contributed by atoms with E-state index in [9.17, 15) is 18.0 Å². The van der Waals surface area contributed by atoms with Crippen molar-refractivity contribution in [3.05, 3.63) is 42.1 Å². The van der Waals surface area contributed by atoms with Crippen molar-refractivity contribution in [2.75, 3.05) is 28.6 Å². The van der Waals surface area contributed by atoms with E-state index in [2.05, 4.69) is 30.8 Å². The third-order valence-electron chi connectivity index (χ3n) is 6.67. The Morgan fingerprint density at radius 3 is 2.47 bits per heavy atom. The van der Waals surface area contributed by atoms with E-state index in [0.29, 0.717) is 41.4 Å². The van der Waals surface area contributed by atoms with Crippen LogP contribution in [0.1, 0.15) is 25.0 Å². The van der Waals surface area contributed by atoms with Gasteiger partial charge in [-0.05, 0) is 61.7 Å². The molecule has 3 aromatic rings. The highest BCUT2D eigenvalue weighted by Gasteiger charge is 2.61. The average Bonchev–Trinajstić information content (AvgIpc) is 3.72. The largest absolute Gasteiger partial charge is 0.350 e. The molecule has 0 radical (unpaired) electrons. The van der Waals surface area contributed by atoms with Gasteiger partial charge < -0.3 is 15.5 Å². The first kappa shape index (κ1) is 23.1. The molecular formula is C24H24F3N7OS. The van der Waals surface area contributed by atoms with Crippen LogP contribution in [0.25, 0.3) is 0 Å². The van der Waals surface area contributed by atoms with Crippen molar-refractivity contribution in [1.29, 1.82) is 0 Å². The summed E-state index contributed by atoms with van der Waals surface area (Å²) in [4.78, 5) is 23.9. The van der Waals surface area contributed by atoms with Crippen LogP contribution in [0.2, 0.25) is 0 Å². The topological polar surface area (TPSA) is 98.8 Å². The number of anilines is 4. The molecule has 3 heterocycles. The van der Waals surface area contributed by atoms with Crippen LogP contribution in [-0.4, -0.2) is 50.8 Å². The number of H-pyrrole nitrogens is 1. The van der Waals surface area contributed by atoms with Crippen molar-refractivity contribution in [2.45, 2.75) is 47.8 Å². The molecule has 1 aliphatic heterocycles. The molecule has 3 fully saturated rings. The number of nitrogens with zero attached hydrogens (tertiary/aromatic N) is 4. The molecule has 3 aliphatic rings. The quantitative estimate of drug-likeness (QED) is 0.366. The molecule has 2 aliphatic carbocycles. The van der Waals surface area contributed by atoms with Crippen molar-refractivity contribution in [2.24, 2.45) is 11.8 Å². The Hall–Kier alpha value is -3.28. The number of benzene rings is 1. The zero-order valence-corrected chi connectivity index (χ0v) is 20.2. The summed E-state index contributed by atoms with van der Waals surface area (Å²) in [7, 11) is 0. The molecule has 3 N–H and O–H groups in total. The molecule has 1 saturated heterocycles. The Kier molecular flexibility index (Phi) is 5.39. The molecule has 6 rings (SSSR count). The van der Waals surface area contributed by atoms with Crippen LogP contribution in [-0.2, 0) is 4.79 Å². The summed E-state index contributed by atoms with van der Waals surface area (Å²) in [6, 6.07) is 10.5. The van der Waals surface area contributed by atoms with Crippen molar-refractivity contribution in [3.8, 4) is 0 Å². The number of carbonyl (C=O) groups excluding carboxylic acids is 1. The van der Waals surface area contributed by atoms with Gasteiger partial charge in [0.15, 0.2) is 5.16 Å². The lowest BCUT2D eigenvalue weighted by Gasteiger charge is -2.45. The maximum Gasteiger partial charge on any atom is 0.260 e. The van der Waals surface area contributed by atoms with Crippen LogP contribution in [0.5, 0.6) is 0 Å². The summed E-state index contributed by atoms with van der Waals surface area (Å²) in [5, 5.41) is 13.2. The number of amides is 1. The number of carbonyl (C=O) groups is 1. The van der Waals surface area contributed by atoms with Gasteiger partial charge in [0.1, 0.15) is 29.0 Å². The minimum Gasteiger partial charge on any atom is -0.350 e. The van der Waals surface area contributed by atoms with Gasteiger partial charge in [0, 0.05) is 29.1 Å². The predicted octanol–water partition coefficient (Wildman–Crippen LogP) is 4.93. The number of aryl methyl sites for hydroxylation is 1. The highest BCUT2D eigenvalue weighted by atomic mass is 32.2. The zero-order valence-electron chi connectivity index (χ0n) is 19.4. The Balaban J connectivity index is 1.18. The molecule has 2 saturated carbocycles. The van der Waals surface area contributed by atoms with E-state index >= 15 is 0 Å². The molecule has 2 aromatic heterocycles. The van der Waals surface area contributed by atoms with Gasteiger partial charge in [0.25, 0.3) is 5.92 Å². The first-order chi connectivity index (χ1) is 17.2. The highest BCUT2D eigenvalue weighted by molar-refractivity contribution is 7.99. The predicted molar refractivity (Wildman–Crippen MR) is 130 cm³/mol. The SMILES string of the molecule is Cc1cc(Nc2cc(N3CC(F)(C4CC4)C3)nc(Sc3ccc(NC(=O)C4CC4(F)F)cc3)n2)[nH]n1. The van der Waals surface area contributed by atoms with Crippen LogP contribution < -0.4 is 15.5 Å². The Morgan fingerprint density at radius 2 is 1.86 bits per heavy atom. The molecule has 0 bridgehead atoms.